The van der Waals surface area contributed by atoms with Crippen molar-refractivity contribution in [1.82, 2.24) is 34.7 Å². The lowest BCUT2D eigenvalue weighted by Gasteiger charge is -2.39. The molecule has 6 aromatic rings. The predicted molar refractivity (Wildman–Crippen MR) is 345 cm³/mol. The van der Waals surface area contributed by atoms with Gasteiger partial charge in [0.05, 0.1) is 32.7 Å². The number of hydrogen-bond acceptors (Lipinski definition) is 15. The van der Waals surface area contributed by atoms with Gasteiger partial charge in [-0.05, 0) is 148 Å². The van der Waals surface area contributed by atoms with E-state index >= 15 is 0 Å². The Balaban J connectivity index is 0.653. The third-order valence-electron chi connectivity index (χ3n) is 17.9. The number of pyridine rings is 1. The number of sulfonamides is 1. The van der Waals surface area contributed by atoms with E-state index in [1.165, 1.54) is 35.0 Å². The van der Waals surface area contributed by atoms with Gasteiger partial charge >= 0.3 is 0 Å². The lowest BCUT2D eigenvalue weighted by Crippen LogP contribution is -2.54. The number of fused-ring (bicyclic) bond motifs is 2. The van der Waals surface area contributed by atoms with Crippen molar-refractivity contribution in [3.05, 3.63) is 152 Å². The highest BCUT2D eigenvalue weighted by atomic mass is 35.5. The number of rotatable bonds is 22. The Labute approximate surface area is 529 Å². The number of carbonyl (C=O) groups is 5. The summed E-state index contributed by atoms with van der Waals surface area (Å²) in [5, 5.41) is 19.5. The van der Waals surface area contributed by atoms with E-state index < -0.39 is 61.1 Å². The van der Waals surface area contributed by atoms with Crippen LogP contribution in [0.15, 0.2) is 114 Å². The van der Waals surface area contributed by atoms with E-state index in [0.717, 1.165) is 137 Å². The standard InChI is InChI=1S/C68H75ClN10O10S/c1-68(2)29-27-49(56(40-68)46-17-19-50(69)20-18-46)44-76-33-35-77(36-34-76)51-21-23-54(60(38-51)89-52-37-48-28-30-70-63(48)72-42-52)64(81)74-90(87,88)53-22-24-57(59(39-53)79(85)86)71-41-45-13-12-32-75(43-45)31-10-8-6-4-3-5-7-9-14-47-15-11-16-55-62(47)67(84)78(66(55)83)58-25-26-61(80)73-65(58)82/h11,15-24,28,30,37-39,42,45,58,71H,3-8,10,12-13,25-27,29,31-36,40-41,43-44H2,1-2H3,(H,70,72)(H,74,81)(H,73,80,82). The summed E-state index contributed by atoms with van der Waals surface area (Å²) in [6, 6.07) is 24.4. The number of halogens is 1. The van der Waals surface area contributed by atoms with E-state index in [2.05, 4.69) is 77.8 Å². The molecule has 3 saturated heterocycles. The van der Waals surface area contributed by atoms with Crippen LogP contribution in [0, 0.1) is 33.3 Å². The Morgan fingerprint density at radius 3 is 2.46 bits per heavy atom. The summed E-state index contributed by atoms with van der Waals surface area (Å²) in [5.41, 5.74) is 6.27. The molecule has 20 nitrogen and oxygen atoms in total. The molecule has 4 N–H and O–H groups in total. The third-order valence-corrected chi connectivity index (χ3v) is 19.5. The number of aromatic nitrogens is 2. The smallest absolute Gasteiger partial charge is 0.293 e. The summed E-state index contributed by atoms with van der Waals surface area (Å²) in [7, 11) is -4.63. The monoisotopic (exact) mass is 1260 g/mol. The van der Waals surface area contributed by atoms with E-state index in [-0.39, 0.29) is 52.3 Å². The maximum atomic E-state index is 14.2. The predicted octanol–water partition coefficient (Wildman–Crippen LogP) is 11.1. The van der Waals surface area contributed by atoms with Gasteiger partial charge in [0.15, 0.2) is 0 Å². The van der Waals surface area contributed by atoms with Crippen molar-refractivity contribution in [3.63, 3.8) is 0 Å². The van der Waals surface area contributed by atoms with Crippen LogP contribution in [0.3, 0.4) is 0 Å². The summed E-state index contributed by atoms with van der Waals surface area (Å²) in [6.45, 7) is 11.7. The van der Waals surface area contributed by atoms with Gasteiger partial charge in [-0.1, -0.05) is 86.7 Å². The molecule has 1 aliphatic carbocycles. The average Bonchev–Trinajstić information content (AvgIpc) is 1.77. The Hall–Kier alpha value is -8.42. The molecule has 470 valence electrons. The van der Waals surface area contributed by atoms with Crippen molar-refractivity contribution < 1.29 is 42.1 Å². The topological polar surface area (TPSA) is 250 Å². The third kappa shape index (κ3) is 14.9. The molecule has 2 unspecified atom stereocenters. The zero-order chi connectivity index (χ0) is 63.1. The van der Waals surface area contributed by atoms with Gasteiger partial charge < -0.3 is 24.8 Å². The molecular weight excluding hydrogens is 1180 g/mol. The minimum atomic E-state index is -4.63. The number of allylic oxidation sites excluding steroid dienone is 1. The largest absolute Gasteiger partial charge is 0.455 e. The molecule has 4 aliphatic heterocycles. The first-order valence-corrected chi connectivity index (χ1v) is 33.1. The Bertz CT molecular complexity index is 3960. The quantitative estimate of drug-likeness (QED) is 0.0162. The summed E-state index contributed by atoms with van der Waals surface area (Å²) in [5.74, 6) is 3.72. The molecule has 0 radical (unpaired) electrons. The molecule has 0 saturated carbocycles. The molecule has 22 heteroatoms. The maximum Gasteiger partial charge on any atom is 0.293 e. The van der Waals surface area contributed by atoms with Crippen LogP contribution in [0.25, 0.3) is 16.6 Å². The number of nitro groups is 1. The number of nitrogens with one attached hydrogen (secondary N) is 4. The van der Waals surface area contributed by atoms with Gasteiger partial charge in [0.25, 0.3) is 33.4 Å². The molecule has 6 heterocycles. The van der Waals surface area contributed by atoms with Crippen LogP contribution < -0.4 is 25.0 Å². The number of carbonyl (C=O) groups excluding carboxylic acids is 5. The molecule has 2 aromatic heterocycles. The minimum absolute atomic E-state index is 0.0513. The van der Waals surface area contributed by atoms with Crippen molar-refractivity contribution in [3.8, 4) is 23.3 Å². The number of amides is 5. The minimum Gasteiger partial charge on any atom is -0.455 e. The van der Waals surface area contributed by atoms with Crippen LogP contribution in [0.5, 0.6) is 11.5 Å². The highest BCUT2D eigenvalue weighted by molar-refractivity contribution is 7.90. The van der Waals surface area contributed by atoms with E-state index in [9.17, 15) is 42.5 Å². The molecule has 90 heavy (non-hydrogen) atoms. The Morgan fingerprint density at radius 2 is 1.67 bits per heavy atom. The molecular formula is C68H75ClN10O10S. The number of unbranched alkanes of at least 4 members (excludes halogenated alkanes) is 6. The molecule has 4 aromatic carbocycles. The number of benzene rings is 4. The normalized spacial score (nSPS) is 18.9. The Kier molecular flexibility index (Phi) is 19.5. The molecule has 5 amide bonds. The van der Waals surface area contributed by atoms with Crippen molar-refractivity contribution in [2.45, 2.75) is 115 Å². The van der Waals surface area contributed by atoms with Gasteiger partial charge in [-0.15, -0.1) is 0 Å². The number of piperidine rings is 2. The highest BCUT2D eigenvalue weighted by Gasteiger charge is 2.45. The van der Waals surface area contributed by atoms with Gasteiger partial charge in [0, 0.05) is 98.6 Å². The number of nitro benzene ring substituents is 1. The first-order chi connectivity index (χ1) is 43.4. The number of aromatic amines is 1. The lowest BCUT2D eigenvalue weighted by molar-refractivity contribution is -0.384. The fourth-order valence-corrected chi connectivity index (χ4v) is 14.1. The number of hydrogen-bond donors (Lipinski definition) is 4. The number of anilines is 2. The average molecular weight is 1260 g/mol. The molecule has 11 rings (SSSR count). The van der Waals surface area contributed by atoms with Crippen molar-refractivity contribution in [2.24, 2.45) is 11.3 Å². The molecule has 0 spiro atoms. The number of ether oxygens (including phenoxy) is 1. The van der Waals surface area contributed by atoms with Crippen molar-refractivity contribution in [1.29, 1.82) is 0 Å². The number of H-pyrrole nitrogens is 1. The summed E-state index contributed by atoms with van der Waals surface area (Å²) < 4.78 is 36.6. The van der Waals surface area contributed by atoms with Crippen molar-refractivity contribution >= 4 is 84.8 Å². The van der Waals surface area contributed by atoms with Gasteiger partial charge in [-0.2, -0.15) is 0 Å². The van der Waals surface area contributed by atoms with E-state index in [4.69, 9.17) is 16.3 Å². The van der Waals surface area contributed by atoms with Crippen LogP contribution >= 0.6 is 11.6 Å². The van der Waals surface area contributed by atoms with E-state index in [1.54, 1.807) is 48.7 Å². The van der Waals surface area contributed by atoms with Crippen LogP contribution in [0.2, 0.25) is 5.02 Å². The fourth-order valence-electron chi connectivity index (χ4n) is 13.0. The van der Waals surface area contributed by atoms with Gasteiger partial charge in [-0.25, -0.2) is 18.1 Å². The SMILES string of the molecule is CC1(C)CCC(CN2CCN(c3ccc(C(=O)NS(=O)(=O)c4ccc(NCC5CCCN(CCCCCCCCC#Cc6cccc7c6C(=O)N(C6CCC(=O)NC6=O)C7=O)C5)c([N+](=O)[O-])c4)c(Oc4cnc5[nH]ccc5c4)c3)CC2)=C(c2ccc(Cl)cc2)C1. The maximum absolute atomic E-state index is 14.2. The zero-order valence-electron chi connectivity index (χ0n) is 50.8. The molecule has 2 atom stereocenters. The van der Waals surface area contributed by atoms with Crippen LogP contribution in [-0.2, 0) is 19.6 Å². The van der Waals surface area contributed by atoms with E-state index in [1.807, 2.05) is 18.2 Å². The number of nitrogens with zero attached hydrogens (tertiary/aromatic N) is 6. The number of likely N-dealkylation sites (tertiary alicyclic amines) is 1. The van der Waals surface area contributed by atoms with E-state index in [0.29, 0.717) is 43.0 Å². The summed E-state index contributed by atoms with van der Waals surface area (Å²) in [4.78, 5) is 92.0. The lowest BCUT2D eigenvalue weighted by atomic mass is 9.72. The van der Waals surface area contributed by atoms with Crippen molar-refractivity contribution in [2.75, 3.05) is 69.1 Å². The van der Waals surface area contributed by atoms with Gasteiger partial charge in [-0.3, -0.25) is 49.2 Å². The van der Waals surface area contributed by atoms with Gasteiger partial charge in [0.2, 0.25) is 11.8 Å². The fraction of sp³-hybridized carbons (Fsp3) is 0.412. The van der Waals surface area contributed by atoms with Gasteiger partial charge in [0.1, 0.15) is 28.9 Å². The first kappa shape index (κ1) is 63.2. The summed E-state index contributed by atoms with van der Waals surface area (Å²) in [6.07, 6.45) is 15.2. The molecule has 0 bridgehead atoms. The first-order valence-electron chi connectivity index (χ1n) is 31.2. The molecule has 3 fully saturated rings. The number of imide groups is 2. The summed E-state index contributed by atoms with van der Waals surface area (Å²) >= 11 is 6.28. The van der Waals surface area contributed by atoms with Crippen LogP contribution in [0.4, 0.5) is 17.1 Å². The number of piperazine rings is 1. The highest BCUT2D eigenvalue weighted by Crippen LogP contribution is 2.44. The van der Waals surface area contributed by atoms with Crippen LogP contribution in [0.1, 0.15) is 146 Å². The molecule has 5 aliphatic rings. The second-order valence-electron chi connectivity index (χ2n) is 25.0. The second-order valence-corrected chi connectivity index (χ2v) is 27.1. The zero-order valence-corrected chi connectivity index (χ0v) is 52.4. The Morgan fingerprint density at radius 1 is 0.878 bits per heavy atom. The van der Waals surface area contributed by atoms with Crippen LogP contribution in [-0.4, -0.2) is 132 Å². The second kappa shape index (κ2) is 27.8.